The van der Waals surface area contributed by atoms with Gasteiger partial charge in [0.05, 0.1) is 17.5 Å². The van der Waals surface area contributed by atoms with Crippen molar-refractivity contribution in [3.63, 3.8) is 0 Å². The summed E-state index contributed by atoms with van der Waals surface area (Å²) in [4.78, 5) is 20.7. The lowest BCUT2D eigenvalue weighted by molar-refractivity contribution is 0.254. The predicted octanol–water partition coefficient (Wildman–Crippen LogP) is 4.61. The maximum absolute atomic E-state index is 15.1. The molecule has 172 valence electrons. The number of nitrogens with one attached hydrogen (secondary N) is 1. The number of rotatable bonds is 5. The topological polar surface area (TPSA) is 118 Å². The van der Waals surface area contributed by atoms with Crippen LogP contribution < -0.4 is 10.1 Å². The second-order valence-corrected chi connectivity index (χ2v) is 9.86. The average molecular weight is 472 g/mol. The molecule has 33 heavy (non-hydrogen) atoms. The highest BCUT2D eigenvalue weighted by molar-refractivity contribution is 7.89. The molecule has 0 saturated heterocycles. The van der Waals surface area contributed by atoms with Gasteiger partial charge in [-0.25, -0.2) is 19.2 Å². The van der Waals surface area contributed by atoms with Crippen molar-refractivity contribution < 1.29 is 23.0 Å². The zero-order valence-electron chi connectivity index (χ0n) is 18.5. The molecule has 4 aromatic rings. The second-order valence-electron chi connectivity index (χ2n) is 8.42. The monoisotopic (exact) mass is 471 g/mol. The van der Waals surface area contributed by atoms with Gasteiger partial charge in [-0.2, -0.15) is 0 Å². The van der Waals surface area contributed by atoms with E-state index in [4.69, 9.17) is 9.26 Å². The zero-order valence-corrected chi connectivity index (χ0v) is 19.3. The van der Waals surface area contributed by atoms with Crippen molar-refractivity contribution in [1.82, 2.24) is 19.7 Å². The largest absolute Gasteiger partial charge is 0.616 e. The van der Waals surface area contributed by atoms with E-state index in [1.807, 2.05) is 20.8 Å². The number of carbonyl (C=O) groups is 1. The summed E-state index contributed by atoms with van der Waals surface area (Å²) in [5.41, 5.74) is 0.613. The van der Waals surface area contributed by atoms with Crippen LogP contribution in [-0.2, 0) is 22.3 Å². The first-order chi connectivity index (χ1) is 15.6. The number of amides is 1. The third-order valence-electron chi connectivity index (χ3n) is 4.74. The Morgan fingerprint density at radius 2 is 2.06 bits per heavy atom. The Morgan fingerprint density at radius 3 is 2.76 bits per heavy atom. The van der Waals surface area contributed by atoms with Gasteiger partial charge in [0.1, 0.15) is 17.8 Å². The van der Waals surface area contributed by atoms with Gasteiger partial charge in [0, 0.05) is 29.1 Å². The van der Waals surface area contributed by atoms with Crippen molar-refractivity contribution in [3.05, 3.63) is 60.1 Å². The predicted molar refractivity (Wildman–Crippen MR) is 121 cm³/mol. The van der Waals surface area contributed by atoms with Crippen molar-refractivity contribution in [3.8, 4) is 11.6 Å². The number of anilines is 1. The van der Waals surface area contributed by atoms with E-state index in [0.717, 1.165) is 0 Å². The molecule has 1 unspecified atom stereocenters. The van der Waals surface area contributed by atoms with Crippen LogP contribution in [0.1, 0.15) is 32.2 Å². The van der Waals surface area contributed by atoms with Gasteiger partial charge in [0.2, 0.25) is 5.88 Å². The highest BCUT2D eigenvalue weighted by atomic mass is 32.2. The standard InChI is InChI=1S/C22H22FN5O4S/c1-22(2,3)17-10-18(27-32-17)26-21(29)28-8-7-14-15(28)5-6-16(20(14)23)31-19-9-13(11-33(4)30)24-12-25-19/h5-10,12H,11H2,1-4H3,(H,26,27,29). The number of carbonyl (C=O) groups excluding carboxylic acids is 1. The molecule has 1 atom stereocenters. The highest BCUT2D eigenvalue weighted by Crippen LogP contribution is 2.31. The van der Waals surface area contributed by atoms with Crippen LogP contribution in [0.3, 0.4) is 0 Å². The zero-order chi connectivity index (χ0) is 23.8. The van der Waals surface area contributed by atoms with E-state index in [9.17, 15) is 9.35 Å². The highest BCUT2D eigenvalue weighted by Gasteiger charge is 2.21. The van der Waals surface area contributed by atoms with Crippen LogP contribution in [0.5, 0.6) is 11.6 Å². The first-order valence-corrected chi connectivity index (χ1v) is 11.7. The van der Waals surface area contributed by atoms with Crippen LogP contribution >= 0.6 is 0 Å². The van der Waals surface area contributed by atoms with Crippen LogP contribution in [0.4, 0.5) is 15.0 Å². The van der Waals surface area contributed by atoms with Crippen molar-refractivity contribution in [2.75, 3.05) is 11.6 Å². The molecule has 9 nitrogen and oxygen atoms in total. The van der Waals surface area contributed by atoms with Gasteiger partial charge in [-0.15, -0.1) is 0 Å². The number of halogens is 1. The Bertz CT molecular complexity index is 1310. The van der Waals surface area contributed by atoms with Crippen LogP contribution in [0.25, 0.3) is 10.9 Å². The molecule has 3 aromatic heterocycles. The maximum Gasteiger partial charge on any atom is 0.331 e. The molecule has 0 radical (unpaired) electrons. The van der Waals surface area contributed by atoms with Crippen LogP contribution in [0.15, 0.2) is 47.4 Å². The van der Waals surface area contributed by atoms with Crippen molar-refractivity contribution in [2.24, 2.45) is 0 Å². The molecule has 1 N–H and O–H groups in total. The number of hydrogen-bond acceptors (Lipinski definition) is 7. The molecule has 4 rings (SSSR count). The van der Waals surface area contributed by atoms with Crippen LogP contribution in [-0.4, -0.2) is 36.5 Å². The molecule has 1 aromatic carbocycles. The number of aromatic nitrogens is 4. The van der Waals surface area contributed by atoms with Gasteiger partial charge in [0.15, 0.2) is 17.4 Å². The minimum Gasteiger partial charge on any atom is -0.616 e. The molecule has 0 bridgehead atoms. The lowest BCUT2D eigenvalue weighted by atomic mass is 9.93. The van der Waals surface area contributed by atoms with Gasteiger partial charge in [-0.1, -0.05) is 37.1 Å². The van der Waals surface area contributed by atoms with Crippen LogP contribution in [0.2, 0.25) is 0 Å². The van der Waals surface area contributed by atoms with Gasteiger partial charge in [-0.05, 0) is 18.2 Å². The van der Waals surface area contributed by atoms with Crippen molar-refractivity contribution in [2.45, 2.75) is 31.9 Å². The third kappa shape index (κ3) is 4.99. The Hall–Kier alpha value is -3.44. The summed E-state index contributed by atoms with van der Waals surface area (Å²) in [5.74, 6) is 0.549. The normalized spacial score (nSPS) is 12.7. The molecule has 0 aliphatic rings. The van der Waals surface area contributed by atoms with E-state index in [-0.39, 0.29) is 34.0 Å². The second kappa shape index (κ2) is 8.83. The number of fused-ring (bicyclic) bond motifs is 1. The van der Waals surface area contributed by atoms with Gasteiger partial charge < -0.3 is 13.8 Å². The fourth-order valence-corrected chi connectivity index (χ4v) is 3.68. The summed E-state index contributed by atoms with van der Waals surface area (Å²) >= 11 is -1.09. The first-order valence-electron chi connectivity index (χ1n) is 9.99. The van der Waals surface area contributed by atoms with Crippen molar-refractivity contribution >= 4 is 33.9 Å². The first kappa shape index (κ1) is 22.7. The van der Waals surface area contributed by atoms with E-state index in [0.29, 0.717) is 17.0 Å². The molecule has 11 heteroatoms. The quantitative estimate of drug-likeness (QED) is 0.422. The van der Waals surface area contributed by atoms with E-state index in [1.165, 1.54) is 35.3 Å². The van der Waals surface area contributed by atoms with Crippen molar-refractivity contribution in [1.29, 1.82) is 0 Å². The Balaban J connectivity index is 1.56. The fourth-order valence-electron chi connectivity index (χ4n) is 3.11. The number of nitrogens with zero attached hydrogens (tertiary/aromatic N) is 4. The Morgan fingerprint density at radius 1 is 1.27 bits per heavy atom. The molecule has 0 saturated carbocycles. The molecule has 1 amide bonds. The minimum absolute atomic E-state index is 0.0609. The SMILES string of the molecule is C[S+]([O-])Cc1cc(Oc2ccc3c(ccn3C(=O)Nc3cc(C(C)(C)C)on3)c2F)ncn1. The summed E-state index contributed by atoms with van der Waals surface area (Å²) in [7, 11) is 0. The lowest BCUT2D eigenvalue weighted by Gasteiger charge is -2.12. The van der Waals surface area contributed by atoms with E-state index in [2.05, 4.69) is 20.4 Å². The van der Waals surface area contributed by atoms with Crippen LogP contribution in [0, 0.1) is 5.82 Å². The molecular formula is C22H22FN5O4S. The van der Waals surface area contributed by atoms with Gasteiger partial charge >= 0.3 is 6.03 Å². The smallest absolute Gasteiger partial charge is 0.331 e. The molecule has 0 spiro atoms. The van der Waals surface area contributed by atoms with E-state index in [1.54, 1.807) is 18.4 Å². The molecular weight excluding hydrogens is 449 g/mol. The Labute approximate surface area is 192 Å². The summed E-state index contributed by atoms with van der Waals surface area (Å²) in [6.45, 7) is 5.90. The third-order valence-corrected chi connectivity index (χ3v) is 5.44. The fraction of sp³-hybridized carbons (Fsp3) is 0.273. The molecule has 0 fully saturated rings. The summed E-state index contributed by atoms with van der Waals surface area (Å²) in [6.07, 6.45) is 4.28. The van der Waals surface area contributed by atoms with E-state index < -0.39 is 23.0 Å². The minimum atomic E-state index is -1.09. The summed E-state index contributed by atoms with van der Waals surface area (Å²) in [6, 6.07) is 7.11. The number of hydrogen-bond donors (Lipinski definition) is 1. The van der Waals surface area contributed by atoms with Gasteiger partial charge in [-0.3, -0.25) is 9.88 Å². The van der Waals surface area contributed by atoms with Gasteiger partial charge in [0.25, 0.3) is 0 Å². The Kier molecular flexibility index (Phi) is 6.09. The average Bonchev–Trinajstić information content (AvgIpc) is 3.37. The summed E-state index contributed by atoms with van der Waals surface area (Å²) < 4.78 is 38.7. The maximum atomic E-state index is 15.1. The lowest BCUT2D eigenvalue weighted by Crippen LogP contribution is -2.18. The number of ether oxygens (including phenoxy) is 1. The number of benzene rings is 1. The molecule has 0 aliphatic heterocycles. The summed E-state index contributed by atoms with van der Waals surface area (Å²) in [5, 5.41) is 6.72. The molecule has 3 heterocycles. The van der Waals surface area contributed by atoms with E-state index >= 15 is 4.39 Å². The molecule has 0 aliphatic carbocycles.